The minimum Gasteiger partial charge on any atom is -0.493 e. The highest BCUT2D eigenvalue weighted by molar-refractivity contribution is 7.98. The molecule has 0 aliphatic rings. The van der Waals surface area contributed by atoms with Crippen LogP contribution >= 0.6 is 11.8 Å². The number of thioether (sulfide) groups is 1. The molecule has 6 nitrogen and oxygen atoms in total. The van der Waals surface area contributed by atoms with Crippen molar-refractivity contribution >= 4 is 11.8 Å². The minimum atomic E-state index is -0.267. The average Bonchev–Trinajstić information content (AvgIpc) is 3.15. The molecule has 0 spiro atoms. The monoisotopic (exact) mass is 376 g/mol. The van der Waals surface area contributed by atoms with Gasteiger partial charge in [-0.05, 0) is 36.4 Å². The smallest absolute Gasteiger partial charge is 0.248 e. The van der Waals surface area contributed by atoms with Crippen molar-refractivity contribution < 1.29 is 23.0 Å². The highest BCUT2D eigenvalue weighted by atomic mass is 32.2. The van der Waals surface area contributed by atoms with Gasteiger partial charge >= 0.3 is 0 Å². The fourth-order valence-electron chi connectivity index (χ4n) is 2.31. The highest BCUT2D eigenvalue weighted by Gasteiger charge is 2.17. The number of hydrogen-bond donors (Lipinski definition) is 0. The van der Waals surface area contributed by atoms with Crippen molar-refractivity contribution in [3.63, 3.8) is 0 Å². The van der Waals surface area contributed by atoms with Gasteiger partial charge in [0.15, 0.2) is 11.5 Å². The lowest BCUT2D eigenvalue weighted by atomic mass is 10.2. The summed E-state index contributed by atoms with van der Waals surface area (Å²) in [6.07, 6.45) is 0. The fraction of sp³-hybridized carbons (Fsp3) is 0.222. The fourth-order valence-corrected chi connectivity index (χ4v) is 3.04. The minimum absolute atomic E-state index is 0.267. The van der Waals surface area contributed by atoms with Crippen LogP contribution in [0.4, 0.5) is 4.39 Å². The first-order chi connectivity index (χ1) is 12.6. The molecule has 0 atom stereocenters. The second kappa shape index (κ2) is 8.09. The average molecular weight is 376 g/mol. The molecule has 0 aliphatic heterocycles. The van der Waals surface area contributed by atoms with E-state index in [1.807, 2.05) is 0 Å². The SMILES string of the molecule is COc1cc(-c2nnc(CSc3ccc(F)cc3)o2)cc(OC)c1OC. The first kappa shape index (κ1) is 18.1. The van der Waals surface area contributed by atoms with Crippen molar-refractivity contribution in [2.75, 3.05) is 21.3 Å². The zero-order valence-corrected chi connectivity index (χ0v) is 15.3. The largest absolute Gasteiger partial charge is 0.493 e. The molecule has 3 aromatic rings. The Labute approximate surface area is 154 Å². The molecule has 136 valence electrons. The number of methoxy groups -OCH3 is 3. The Bertz CT molecular complexity index is 858. The van der Waals surface area contributed by atoms with Crippen LogP contribution in [0.1, 0.15) is 5.89 Å². The van der Waals surface area contributed by atoms with Crippen molar-refractivity contribution in [1.82, 2.24) is 10.2 Å². The molecule has 0 amide bonds. The van der Waals surface area contributed by atoms with E-state index in [0.717, 1.165) is 4.90 Å². The molecule has 0 aliphatic carbocycles. The van der Waals surface area contributed by atoms with E-state index in [4.69, 9.17) is 18.6 Å². The van der Waals surface area contributed by atoms with Gasteiger partial charge in [0.1, 0.15) is 5.82 Å². The third-order valence-corrected chi connectivity index (χ3v) is 4.55. The number of halogens is 1. The second-order valence-corrected chi connectivity index (χ2v) is 6.21. The summed E-state index contributed by atoms with van der Waals surface area (Å²) >= 11 is 1.48. The topological polar surface area (TPSA) is 66.6 Å². The number of hydrogen-bond acceptors (Lipinski definition) is 7. The number of ether oxygens (including phenoxy) is 3. The molecule has 0 fully saturated rings. The molecule has 3 rings (SSSR count). The Hall–Kier alpha value is -2.74. The molecule has 8 heteroatoms. The summed E-state index contributed by atoms with van der Waals surface area (Å²) in [5, 5.41) is 8.13. The third kappa shape index (κ3) is 3.91. The quantitative estimate of drug-likeness (QED) is 0.573. The van der Waals surface area contributed by atoms with Crippen molar-refractivity contribution in [3.8, 4) is 28.7 Å². The third-order valence-electron chi connectivity index (χ3n) is 3.55. The standard InChI is InChI=1S/C18H17FN2O4S/c1-22-14-8-11(9-15(23-2)17(14)24-3)18-21-20-16(25-18)10-26-13-6-4-12(19)5-7-13/h4-9H,10H2,1-3H3. The van der Waals surface area contributed by atoms with Gasteiger partial charge in [-0.3, -0.25) is 0 Å². The summed E-state index contributed by atoms with van der Waals surface area (Å²) in [7, 11) is 4.62. The molecule has 1 heterocycles. The molecule has 0 radical (unpaired) electrons. The Morgan fingerprint density at radius 1 is 0.962 bits per heavy atom. The van der Waals surface area contributed by atoms with E-state index in [-0.39, 0.29) is 5.82 Å². The summed E-state index contributed by atoms with van der Waals surface area (Å²) in [4.78, 5) is 0.916. The van der Waals surface area contributed by atoms with Gasteiger partial charge in [-0.1, -0.05) is 0 Å². The van der Waals surface area contributed by atoms with Crippen LogP contribution in [0.25, 0.3) is 11.5 Å². The lowest BCUT2D eigenvalue weighted by molar-refractivity contribution is 0.324. The molecule has 2 aromatic carbocycles. The van der Waals surface area contributed by atoms with Crippen LogP contribution in [-0.4, -0.2) is 31.5 Å². The van der Waals surface area contributed by atoms with Crippen molar-refractivity contribution in [2.45, 2.75) is 10.6 Å². The van der Waals surface area contributed by atoms with Crippen LogP contribution in [0.2, 0.25) is 0 Å². The van der Waals surface area contributed by atoms with Gasteiger partial charge in [0.25, 0.3) is 0 Å². The van der Waals surface area contributed by atoms with E-state index >= 15 is 0 Å². The van der Waals surface area contributed by atoms with Crippen LogP contribution in [0.15, 0.2) is 45.7 Å². The van der Waals surface area contributed by atoms with Crippen molar-refractivity contribution in [2.24, 2.45) is 0 Å². The summed E-state index contributed by atoms with van der Waals surface area (Å²) < 4.78 is 34.6. The Morgan fingerprint density at radius 3 is 2.19 bits per heavy atom. The summed E-state index contributed by atoms with van der Waals surface area (Å²) in [5.74, 6) is 2.51. The lowest BCUT2D eigenvalue weighted by Crippen LogP contribution is -1.95. The van der Waals surface area contributed by atoms with E-state index in [9.17, 15) is 4.39 Å². The molecule has 0 bridgehead atoms. The van der Waals surface area contributed by atoms with Crippen LogP contribution in [0.3, 0.4) is 0 Å². The van der Waals surface area contributed by atoms with Gasteiger partial charge in [0, 0.05) is 10.5 Å². The van der Waals surface area contributed by atoms with Gasteiger partial charge < -0.3 is 18.6 Å². The number of aromatic nitrogens is 2. The van der Waals surface area contributed by atoms with E-state index in [1.54, 1.807) is 38.5 Å². The lowest BCUT2D eigenvalue weighted by Gasteiger charge is -2.12. The normalized spacial score (nSPS) is 10.6. The molecular formula is C18H17FN2O4S. The van der Waals surface area contributed by atoms with E-state index in [1.165, 1.54) is 31.0 Å². The molecule has 0 saturated carbocycles. The highest BCUT2D eigenvalue weighted by Crippen LogP contribution is 2.41. The Balaban J connectivity index is 1.79. The van der Waals surface area contributed by atoms with E-state index in [2.05, 4.69) is 10.2 Å². The summed E-state index contributed by atoms with van der Waals surface area (Å²) in [6.45, 7) is 0. The maximum Gasteiger partial charge on any atom is 0.248 e. The first-order valence-electron chi connectivity index (χ1n) is 7.65. The van der Waals surface area contributed by atoms with Gasteiger partial charge in [-0.2, -0.15) is 0 Å². The molecule has 26 heavy (non-hydrogen) atoms. The number of nitrogens with zero attached hydrogens (tertiary/aromatic N) is 2. The van der Waals surface area contributed by atoms with Crippen molar-refractivity contribution in [1.29, 1.82) is 0 Å². The maximum absolute atomic E-state index is 12.9. The molecule has 0 unspecified atom stereocenters. The zero-order chi connectivity index (χ0) is 18.5. The molecule has 0 saturated heterocycles. The van der Waals surface area contributed by atoms with Crippen molar-refractivity contribution in [3.05, 3.63) is 48.1 Å². The Morgan fingerprint density at radius 2 is 1.62 bits per heavy atom. The van der Waals surface area contributed by atoms with Gasteiger partial charge in [-0.15, -0.1) is 22.0 Å². The van der Waals surface area contributed by atoms with E-state index in [0.29, 0.717) is 40.3 Å². The first-order valence-corrected chi connectivity index (χ1v) is 8.64. The number of rotatable bonds is 7. The second-order valence-electron chi connectivity index (χ2n) is 5.16. The molecule has 1 aromatic heterocycles. The van der Waals surface area contributed by atoms with Crippen LogP contribution in [0, 0.1) is 5.82 Å². The summed E-state index contributed by atoms with van der Waals surface area (Å²) in [6, 6.07) is 9.72. The zero-order valence-electron chi connectivity index (χ0n) is 14.5. The Kier molecular flexibility index (Phi) is 5.62. The predicted octanol–water partition coefficient (Wildman–Crippen LogP) is 4.19. The van der Waals surface area contributed by atoms with Crippen LogP contribution in [0.5, 0.6) is 17.2 Å². The number of benzene rings is 2. The van der Waals surface area contributed by atoms with Gasteiger partial charge in [-0.25, -0.2) is 4.39 Å². The van der Waals surface area contributed by atoms with Crippen LogP contribution in [-0.2, 0) is 5.75 Å². The van der Waals surface area contributed by atoms with Gasteiger partial charge in [0.2, 0.25) is 17.5 Å². The van der Waals surface area contributed by atoms with Crippen LogP contribution < -0.4 is 14.2 Å². The molecule has 0 N–H and O–H groups in total. The van der Waals surface area contributed by atoms with E-state index < -0.39 is 0 Å². The predicted molar refractivity (Wildman–Crippen MR) is 95.4 cm³/mol. The molecular weight excluding hydrogens is 359 g/mol. The summed E-state index contributed by atoms with van der Waals surface area (Å²) in [5.41, 5.74) is 0.657. The van der Waals surface area contributed by atoms with Gasteiger partial charge in [0.05, 0.1) is 27.1 Å². The maximum atomic E-state index is 12.9.